The van der Waals surface area contributed by atoms with Gasteiger partial charge in [0.15, 0.2) is 0 Å². The monoisotopic (exact) mass is 233 g/mol. The van der Waals surface area contributed by atoms with Crippen molar-refractivity contribution in [1.29, 1.82) is 0 Å². The number of nitrogens with zero attached hydrogens (tertiary/aromatic N) is 2. The summed E-state index contributed by atoms with van der Waals surface area (Å²) in [6.45, 7) is 0.416. The quantitative estimate of drug-likeness (QED) is 0.865. The first-order valence-corrected chi connectivity index (χ1v) is 5.24. The maximum absolute atomic E-state index is 5.54. The van der Waals surface area contributed by atoms with Gasteiger partial charge in [0, 0.05) is 18.8 Å². The number of nitrogens with two attached hydrogens (primary N) is 1. The number of aromatic nitrogens is 2. The van der Waals surface area contributed by atoms with Crippen LogP contribution in [0, 0.1) is 0 Å². The third-order valence-corrected chi connectivity index (χ3v) is 2.51. The van der Waals surface area contributed by atoms with Crippen LogP contribution in [0.3, 0.4) is 0 Å². The lowest BCUT2D eigenvalue weighted by molar-refractivity contribution is 0.401. The number of benzene rings is 1. The van der Waals surface area contributed by atoms with Gasteiger partial charge in [-0.3, -0.25) is 0 Å². The highest BCUT2D eigenvalue weighted by Crippen LogP contribution is 2.27. The lowest BCUT2D eigenvalue weighted by atomic mass is 10.2. The topological polar surface area (TPSA) is 62.3 Å². The average molecular weight is 233 g/mol. The summed E-state index contributed by atoms with van der Waals surface area (Å²) in [4.78, 5) is 4.18. The second kappa shape index (κ2) is 4.88. The molecule has 0 amide bonds. The second-order valence-electron chi connectivity index (χ2n) is 3.51. The maximum Gasteiger partial charge on any atom is 0.143 e. The molecule has 0 radical (unpaired) electrons. The van der Waals surface area contributed by atoms with Crippen molar-refractivity contribution in [2.24, 2.45) is 5.73 Å². The van der Waals surface area contributed by atoms with E-state index in [1.54, 1.807) is 20.5 Å². The molecule has 0 aliphatic heterocycles. The van der Waals surface area contributed by atoms with Crippen LogP contribution >= 0.6 is 0 Å². The number of ether oxygens (including phenoxy) is 2. The molecule has 0 atom stereocenters. The minimum atomic E-state index is 0.416. The van der Waals surface area contributed by atoms with E-state index in [2.05, 4.69) is 4.98 Å². The van der Waals surface area contributed by atoms with Crippen LogP contribution in [-0.4, -0.2) is 23.8 Å². The predicted octanol–water partition coefficient (Wildman–Crippen LogP) is 1.35. The van der Waals surface area contributed by atoms with E-state index in [1.165, 1.54) is 0 Å². The SMILES string of the molecule is COc1ccc(OC)c(-n2cnc(CN)c2)c1. The number of methoxy groups -OCH3 is 2. The molecule has 0 saturated carbocycles. The van der Waals surface area contributed by atoms with Crippen LogP contribution in [0.2, 0.25) is 0 Å². The molecular formula is C12H15N3O2. The van der Waals surface area contributed by atoms with Crippen LogP contribution in [0.5, 0.6) is 11.5 Å². The largest absolute Gasteiger partial charge is 0.497 e. The van der Waals surface area contributed by atoms with Gasteiger partial charge in [-0.1, -0.05) is 0 Å². The van der Waals surface area contributed by atoms with E-state index in [-0.39, 0.29) is 0 Å². The Kier molecular flexibility index (Phi) is 3.30. The Morgan fingerprint density at radius 2 is 2.12 bits per heavy atom. The van der Waals surface area contributed by atoms with Gasteiger partial charge < -0.3 is 19.8 Å². The van der Waals surface area contributed by atoms with Crippen LogP contribution in [0.4, 0.5) is 0 Å². The van der Waals surface area contributed by atoms with Crippen LogP contribution in [-0.2, 0) is 6.54 Å². The van der Waals surface area contributed by atoms with Crippen molar-refractivity contribution in [2.75, 3.05) is 14.2 Å². The third kappa shape index (κ3) is 2.24. The normalized spacial score (nSPS) is 10.3. The van der Waals surface area contributed by atoms with Crippen molar-refractivity contribution in [1.82, 2.24) is 9.55 Å². The highest BCUT2D eigenvalue weighted by molar-refractivity contribution is 5.51. The van der Waals surface area contributed by atoms with E-state index in [1.807, 2.05) is 29.0 Å². The van der Waals surface area contributed by atoms with Gasteiger partial charge in [0.25, 0.3) is 0 Å². The average Bonchev–Trinajstić information content (AvgIpc) is 2.86. The molecule has 5 heteroatoms. The molecule has 0 aliphatic carbocycles. The molecule has 0 spiro atoms. The smallest absolute Gasteiger partial charge is 0.143 e. The molecule has 17 heavy (non-hydrogen) atoms. The molecule has 2 aromatic rings. The zero-order valence-electron chi connectivity index (χ0n) is 9.88. The fraction of sp³-hybridized carbons (Fsp3) is 0.250. The lowest BCUT2D eigenvalue weighted by Gasteiger charge is -2.10. The van der Waals surface area contributed by atoms with Gasteiger partial charge >= 0.3 is 0 Å². The summed E-state index contributed by atoms with van der Waals surface area (Å²) in [5.41, 5.74) is 7.24. The number of imidazole rings is 1. The third-order valence-electron chi connectivity index (χ3n) is 2.51. The Morgan fingerprint density at radius 1 is 1.29 bits per heavy atom. The van der Waals surface area contributed by atoms with Crippen LogP contribution in [0.25, 0.3) is 5.69 Å². The molecule has 2 N–H and O–H groups in total. The maximum atomic E-state index is 5.54. The molecule has 2 rings (SSSR count). The van der Waals surface area contributed by atoms with Crippen molar-refractivity contribution < 1.29 is 9.47 Å². The van der Waals surface area contributed by atoms with Crippen LogP contribution in [0.1, 0.15) is 5.69 Å². The summed E-state index contributed by atoms with van der Waals surface area (Å²) in [6.07, 6.45) is 3.58. The molecule has 90 valence electrons. The second-order valence-corrected chi connectivity index (χ2v) is 3.51. The first-order valence-electron chi connectivity index (χ1n) is 5.24. The van der Waals surface area contributed by atoms with E-state index in [4.69, 9.17) is 15.2 Å². The van der Waals surface area contributed by atoms with Crippen molar-refractivity contribution in [3.63, 3.8) is 0 Å². The van der Waals surface area contributed by atoms with Gasteiger partial charge in [0.05, 0.1) is 31.9 Å². The standard InChI is InChI=1S/C12H15N3O2/c1-16-10-3-4-12(17-2)11(5-10)15-7-9(6-13)14-8-15/h3-5,7-8H,6,13H2,1-2H3. The van der Waals surface area contributed by atoms with Crippen LogP contribution < -0.4 is 15.2 Å². The first kappa shape index (κ1) is 11.5. The summed E-state index contributed by atoms with van der Waals surface area (Å²) in [5, 5.41) is 0. The molecule has 5 nitrogen and oxygen atoms in total. The Morgan fingerprint density at radius 3 is 2.71 bits per heavy atom. The molecule has 1 heterocycles. The number of hydrogen-bond acceptors (Lipinski definition) is 4. The minimum absolute atomic E-state index is 0.416. The molecule has 0 unspecified atom stereocenters. The summed E-state index contributed by atoms with van der Waals surface area (Å²) < 4.78 is 12.4. The molecular weight excluding hydrogens is 218 g/mol. The molecule has 0 fully saturated rings. The van der Waals surface area contributed by atoms with Crippen molar-refractivity contribution in [3.05, 3.63) is 36.4 Å². The molecule has 1 aromatic heterocycles. The number of hydrogen-bond donors (Lipinski definition) is 1. The zero-order chi connectivity index (χ0) is 12.3. The van der Waals surface area contributed by atoms with Gasteiger partial charge in [-0.15, -0.1) is 0 Å². The molecule has 0 aliphatic rings. The Labute approximate surface area is 99.8 Å². The fourth-order valence-corrected chi connectivity index (χ4v) is 1.60. The van der Waals surface area contributed by atoms with Gasteiger partial charge in [0.1, 0.15) is 11.5 Å². The summed E-state index contributed by atoms with van der Waals surface area (Å²) in [7, 11) is 3.26. The summed E-state index contributed by atoms with van der Waals surface area (Å²) in [5.74, 6) is 1.52. The van der Waals surface area contributed by atoms with Gasteiger partial charge in [-0.05, 0) is 12.1 Å². The van der Waals surface area contributed by atoms with Gasteiger partial charge in [-0.25, -0.2) is 4.98 Å². The Balaban J connectivity index is 2.47. The molecule has 1 aromatic carbocycles. The van der Waals surface area contributed by atoms with E-state index in [9.17, 15) is 0 Å². The van der Waals surface area contributed by atoms with Crippen molar-refractivity contribution in [3.8, 4) is 17.2 Å². The van der Waals surface area contributed by atoms with Crippen LogP contribution in [0.15, 0.2) is 30.7 Å². The van der Waals surface area contributed by atoms with Gasteiger partial charge in [-0.2, -0.15) is 0 Å². The summed E-state index contributed by atoms with van der Waals surface area (Å²) in [6, 6.07) is 5.60. The predicted molar refractivity (Wildman–Crippen MR) is 64.6 cm³/mol. The zero-order valence-corrected chi connectivity index (χ0v) is 9.88. The lowest BCUT2D eigenvalue weighted by Crippen LogP contribution is -1.98. The fourth-order valence-electron chi connectivity index (χ4n) is 1.60. The highest BCUT2D eigenvalue weighted by atomic mass is 16.5. The highest BCUT2D eigenvalue weighted by Gasteiger charge is 2.07. The first-order chi connectivity index (χ1) is 8.28. The molecule has 0 saturated heterocycles. The van der Waals surface area contributed by atoms with Crippen molar-refractivity contribution >= 4 is 0 Å². The number of rotatable bonds is 4. The van der Waals surface area contributed by atoms with Crippen molar-refractivity contribution in [2.45, 2.75) is 6.54 Å². The van der Waals surface area contributed by atoms with E-state index in [0.29, 0.717) is 6.54 Å². The minimum Gasteiger partial charge on any atom is -0.497 e. The molecule has 0 bridgehead atoms. The Bertz CT molecular complexity index is 508. The van der Waals surface area contributed by atoms with Gasteiger partial charge in [0.2, 0.25) is 0 Å². The Hall–Kier alpha value is -2.01. The van der Waals surface area contributed by atoms with E-state index in [0.717, 1.165) is 22.9 Å². The summed E-state index contributed by atoms with van der Waals surface area (Å²) >= 11 is 0. The van der Waals surface area contributed by atoms with E-state index < -0.39 is 0 Å². The van der Waals surface area contributed by atoms with E-state index >= 15 is 0 Å².